The van der Waals surface area contributed by atoms with Crippen LogP contribution in [0.25, 0.3) is 11.0 Å². The fourth-order valence-corrected chi connectivity index (χ4v) is 1.90. The number of pyridine rings is 1. The lowest BCUT2D eigenvalue weighted by molar-refractivity contribution is 0.102. The number of aromatic nitrogens is 3. The third-order valence-electron chi connectivity index (χ3n) is 2.82. The van der Waals surface area contributed by atoms with Crippen LogP contribution in [0.5, 0.6) is 0 Å². The van der Waals surface area contributed by atoms with E-state index in [1.807, 2.05) is 19.1 Å². The number of H-pyrrole nitrogens is 1. The van der Waals surface area contributed by atoms with E-state index in [2.05, 4.69) is 20.3 Å². The summed E-state index contributed by atoms with van der Waals surface area (Å²) in [6.07, 6.45) is 4.97. The van der Waals surface area contributed by atoms with E-state index in [4.69, 9.17) is 0 Å². The number of benzene rings is 1. The van der Waals surface area contributed by atoms with Crippen molar-refractivity contribution in [1.82, 2.24) is 15.0 Å². The highest BCUT2D eigenvalue weighted by Gasteiger charge is 2.08. The predicted molar refractivity (Wildman–Crippen MR) is 73.0 cm³/mol. The molecule has 0 radical (unpaired) electrons. The van der Waals surface area contributed by atoms with E-state index in [-0.39, 0.29) is 5.91 Å². The summed E-state index contributed by atoms with van der Waals surface area (Å²) in [5, 5.41) is 2.82. The summed E-state index contributed by atoms with van der Waals surface area (Å²) in [7, 11) is 0. The molecular formula is C14H12N4O. The normalized spacial score (nSPS) is 10.6. The fraction of sp³-hybridized carbons (Fsp3) is 0.0714. The number of amides is 1. The third-order valence-corrected chi connectivity index (χ3v) is 2.82. The van der Waals surface area contributed by atoms with Crippen molar-refractivity contribution in [3.05, 3.63) is 54.1 Å². The maximum absolute atomic E-state index is 12.1. The highest BCUT2D eigenvalue weighted by Crippen LogP contribution is 2.14. The Bertz CT molecular complexity index is 748. The van der Waals surface area contributed by atoms with Gasteiger partial charge >= 0.3 is 0 Å². The fourth-order valence-electron chi connectivity index (χ4n) is 1.90. The minimum atomic E-state index is -0.163. The first-order valence-electron chi connectivity index (χ1n) is 5.88. The monoisotopic (exact) mass is 252 g/mol. The van der Waals surface area contributed by atoms with Gasteiger partial charge in [0.15, 0.2) is 0 Å². The van der Waals surface area contributed by atoms with Gasteiger partial charge in [-0.3, -0.25) is 9.78 Å². The van der Waals surface area contributed by atoms with Crippen LogP contribution in [0.4, 0.5) is 5.69 Å². The van der Waals surface area contributed by atoms with Gasteiger partial charge in [0.25, 0.3) is 5.91 Å². The van der Waals surface area contributed by atoms with Crippen molar-refractivity contribution in [1.29, 1.82) is 0 Å². The van der Waals surface area contributed by atoms with Crippen LogP contribution in [-0.4, -0.2) is 20.9 Å². The Hall–Kier alpha value is -2.69. The first-order chi connectivity index (χ1) is 9.22. The highest BCUT2D eigenvalue weighted by atomic mass is 16.1. The lowest BCUT2D eigenvalue weighted by atomic mass is 10.2. The summed E-state index contributed by atoms with van der Waals surface area (Å²) in [6.45, 7) is 1.93. The molecule has 0 atom stereocenters. The second kappa shape index (κ2) is 4.53. The van der Waals surface area contributed by atoms with Crippen molar-refractivity contribution in [2.75, 3.05) is 5.32 Å². The van der Waals surface area contributed by atoms with Crippen molar-refractivity contribution < 1.29 is 4.79 Å². The van der Waals surface area contributed by atoms with Crippen molar-refractivity contribution in [2.45, 2.75) is 6.92 Å². The Morgan fingerprint density at radius 2 is 2.16 bits per heavy atom. The van der Waals surface area contributed by atoms with Crippen LogP contribution in [0.3, 0.4) is 0 Å². The van der Waals surface area contributed by atoms with Crippen molar-refractivity contribution in [2.24, 2.45) is 0 Å². The van der Waals surface area contributed by atoms with Crippen LogP contribution in [0.2, 0.25) is 0 Å². The minimum absolute atomic E-state index is 0.163. The number of aromatic amines is 1. The van der Waals surface area contributed by atoms with Crippen molar-refractivity contribution >= 4 is 22.6 Å². The zero-order chi connectivity index (χ0) is 13.2. The van der Waals surface area contributed by atoms with Crippen molar-refractivity contribution in [3.63, 3.8) is 0 Å². The highest BCUT2D eigenvalue weighted by molar-refractivity contribution is 6.05. The van der Waals surface area contributed by atoms with E-state index < -0.39 is 0 Å². The Morgan fingerprint density at radius 3 is 3.00 bits per heavy atom. The maximum Gasteiger partial charge on any atom is 0.255 e. The van der Waals surface area contributed by atoms with Gasteiger partial charge in [-0.15, -0.1) is 0 Å². The number of carbonyl (C=O) groups is 1. The Labute approximate surface area is 109 Å². The van der Waals surface area contributed by atoms with Crippen LogP contribution in [0.15, 0.2) is 43.0 Å². The molecule has 0 aliphatic heterocycles. The topological polar surface area (TPSA) is 70.7 Å². The van der Waals surface area contributed by atoms with Gasteiger partial charge < -0.3 is 10.3 Å². The van der Waals surface area contributed by atoms with Crippen LogP contribution in [0.1, 0.15) is 15.9 Å². The molecule has 2 aromatic heterocycles. The average molecular weight is 252 g/mol. The summed E-state index contributed by atoms with van der Waals surface area (Å²) >= 11 is 0. The summed E-state index contributed by atoms with van der Waals surface area (Å²) < 4.78 is 0. The molecular weight excluding hydrogens is 240 g/mol. The average Bonchev–Trinajstić information content (AvgIpc) is 2.85. The van der Waals surface area contributed by atoms with E-state index >= 15 is 0 Å². The molecule has 1 amide bonds. The van der Waals surface area contributed by atoms with Gasteiger partial charge in [-0.05, 0) is 36.8 Å². The first-order valence-corrected chi connectivity index (χ1v) is 5.88. The minimum Gasteiger partial charge on any atom is -0.345 e. The second-order valence-corrected chi connectivity index (χ2v) is 4.34. The predicted octanol–water partition coefficient (Wildman–Crippen LogP) is 2.52. The van der Waals surface area contributed by atoms with Crippen LogP contribution >= 0.6 is 0 Å². The number of hydrogen-bond donors (Lipinski definition) is 2. The quantitative estimate of drug-likeness (QED) is 0.736. The molecule has 19 heavy (non-hydrogen) atoms. The Kier molecular flexibility index (Phi) is 2.72. The number of carbonyl (C=O) groups excluding carboxylic acids is 1. The number of anilines is 1. The van der Waals surface area contributed by atoms with Gasteiger partial charge in [-0.25, -0.2) is 4.98 Å². The van der Waals surface area contributed by atoms with E-state index in [1.54, 1.807) is 30.9 Å². The molecule has 2 N–H and O–H groups in total. The molecule has 0 aliphatic rings. The maximum atomic E-state index is 12.1. The van der Waals surface area contributed by atoms with Gasteiger partial charge in [-0.2, -0.15) is 0 Å². The van der Waals surface area contributed by atoms with Gasteiger partial charge in [0.1, 0.15) is 0 Å². The lowest BCUT2D eigenvalue weighted by Gasteiger charge is -2.05. The van der Waals surface area contributed by atoms with Gasteiger partial charge in [-0.1, -0.05) is 0 Å². The second-order valence-electron chi connectivity index (χ2n) is 4.34. The molecule has 0 unspecified atom stereocenters. The molecule has 0 aliphatic carbocycles. The summed E-state index contributed by atoms with van der Waals surface area (Å²) in [6, 6.07) is 7.22. The summed E-state index contributed by atoms with van der Waals surface area (Å²) in [4.78, 5) is 23.3. The molecule has 3 rings (SSSR count). The smallest absolute Gasteiger partial charge is 0.255 e. The Morgan fingerprint density at radius 1 is 1.26 bits per heavy atom. The SMILES string of the molecule is Cc1cncc(NC(=O)c2ccc3nc[nH]c3c2)c1. The standard InChI is InChI=1S/C14H12N4O/c1-9-4-11(7-15-6-9)18-14(19)10-2-3-12-13(5-10)17-8-16-12/h2-8H,1H3,(H,16,17)(H,18,19). The lowest BCUT2D eigenvalue weighted by Crippen LogP contribution is -2.12. The van der Waals surface area contributed by atoms with E-state index in [0.717, 1.165) is 16.6 Å². The zero-order valence-corrected chi connectivity index (χ0v) is 10.3. The van der Waals surface area contributed by atoms with Crippen LogP contribution in [0, 0.1) is 6.92 Å². The number of nitrogens with zero attached hydrogens (tertiary/aromatic N) is 2. The molecule has 0 saturated heterocycles. The molecule has 1 aromatic carbocycles. The summed E-state index contributed by atoms with van der Waals surface area (Å²) in [5.41, 5.74) is 3.96. The van der Waals surface area contributed by atoms with Crippen LogP contribution in [-0.2, 0) is 0 Å². The van der Waals surface area contributed by atoms with E-state index in [1.165, 1.54) is 0 Å². The van der Waals surface area contributed by atoms with E-state index in [9.17, 15) is 4.79 Å². The molecule has 0 saturated carbocycles. The molecule has 3 aromatic rings. The summed E-state index contributed by atoms with van der Waals surface area (Å²) in [5.74, 6) is -0.163. The number of fused-ring (bicyclic) bond motifs is 1. The van der Waals surface area contributed by atoms with E-state index in [0.29, 0.717) is 11.3 Å². The molecule has 5 nitrogen and oxygen atoms in total. The molecule has 0 spiro atoms. The molecule has 0 bridgehead atoms. The molecule has 0 fully saturated rings. The van der Waals surface area contributed by atoms with Gasteiger partial charge in [0, 0.05) is 11.8 Å². The largest absolute Gasteiger partial charge is 0.345 e. The van der Waals surface area contributed by atoms with Gasteiger partial charge in [0.2, 0.25) is 0 Å². The van der Waals surface area contributed by atoms with Gasteiger partial charge in [0.05, 0.1) is 29.2 Å². The number of hydrogen-bond acceptors (Lipinski definition) is 3. The van der Waals surface area contributed by atoms with Crippen LogP contribution < -0.4 is 5.32 Å². The number of nitrogens with one attached hydrogen (secondary N) is 2. The van der Waals surface area contributed by atoms with Crippen molar-refractivity contribution in [3.8, 4) is 0 Å². The molecule has 5 heteroatoms. The Balaban J connectivity index is 1.87. The number of aryl methyl sites for hydroxylation is 1. The zero-order valence-electron chi connectivity index (χ0n) is 10.3. The molecule has 94 valence electrons. The number of rotatable bonds is 2. The molecule has 2 heterocycles. The first kappa shape index (κ1) is 11.4. The number of imidazole rings is 1. The third kappa shape index (κ3) is 2.30.